The molecule has 1 aromatic carbocycles. The molecule has 0 radical (unpaired) electrons. The van der Waals surface area contributed by atoms with Crippen LogP contribution in [0.2, 0.25) is 0 Å². The topological polar surface area (TPSA) is 92.9 Å². The highest BCUT2D eigenvalue weighted by Crippen LogP contribution is 2.31. The Morgan fingerprint density at radius 3 is 2.27 bits per heavy atom. The molecule has 0 saturated carbocycles. The van der Waals surface area contributed by atoms with E-state index in [-0.39, 0.29) is 6.04 Å². The SMILES string of the molecule is COc1ccc(N2CCN(c3nc4nonc4nc3N3CCOCC3)C(C)C2)cc1. The second-order valence-electron chi connectivity index (χ2n) is 7.57. The molecule has 2 fully saturated rings. The lowest BCUT2D eigenvalue weighted by Crippen LogP contribution is -2.53. The third-order valence-electron chi connectivity index (χ3n) is 5.73. The molecule has 30 heavy (non-hydrogen) atoms. The standard InChI is InChI=1S/C20H25N7O3/c1-14-13-26(15-3-5-16(28-2)6-4-15)7-8-27(14)20-19(25-9-11-29-12-10-25)21-17-18(22-20)24-30-23-17/h3-6,14H,7-13H2,1-2H3. The van der Waals surface area contributed by atoms with Crippen molar-refractivity contribution >= 4 is 28.6 Å². The second kappa shape index (κ2) is 7.94. The van der Waals surface area contributed by atoms with Gasteiger partial charge in [-0.15, -0.1) is 0 Å². The maximum Gasteiger partial charge on any atom is 0.245 e. The van der Waals surface area contributed by atoms with Crippen molar-refractivity contribution in [1.29, 1.82) is 0 Å². The molecule has 5 rings (SSSR count). The maximum absolute atomic E-state index is 5.51. The molecule has 10 nitrogen and oxygen atoms in total. The summed E-state index contributed by atoms with van der Waals surface area (Å²) in [4.78, 5) is 16.4. The Labute approximate surface area is 174 Å². The first-order chi connectivity index (χ1) is 14.7. The largest absolute Gasteiger partial charge is 0.497 e. The van der Waals surface area contributed by atoms with Gasteiger partial charge in [0, 0.05) is 44.5 Å². The molecule has 2 saturated heterocycles. The summed E-state index contributed by atoms with van der Waals surface area (Å²) in [6.45, 7) is 7.72. The molecule has 0 bridgehead atoms. The van der Waals surface area contributed by atoms with Crippen LogP contribution in [0.4, 0.5) is 17.3 Å². The highest BCUT2D eigenvalue weighted by molar-refractivity contribution is 5.75. The number of anilines is 3. The smallest absolute Gasteiger partial charge is 0.245 e. The van der Waals surface area contributed by atoms with Gasteiger partial charge in [0.05, 0.1) is 20.3 Å². The minimum Gasteiger partial charge on any atom is -0.497 e. The fraction of sp³-hybridized carbons (Fsp3) is 0.500. The first-order valence-electron chi connectivity index (χ1n) is 10.2. The summed E-state index contributed by atoms with van der Waals surface area (Å²) >= 11 is 0. The maximum atomic E-state index is 5.51. The van der Waals surface area contributed by atoms with Crippen LogP contribution in [0.3, 0.4) is 0 Å². The molecule has 2 aliphatic heterocycles. The number of hydrogen-bond donors (Lipinski definition) is 0. The molecule has 4 heterocycles. The van der Waals surface area contributed by atoms with Crippen molar-refractivity contribution in [2.45, 2.75) is 13.0 Å². The number of methoxy groups -OCH3 is 1. The number of fused-ring (bicyclic) bond motifs is 1. The number of nitrogens with zero attached hydrogens (tertiary/aromatic N) is 7. The Hall–Kier alpha value is -3.14. The van der Waals surface area contributed by atoms with Gasteiger partial charge in [0.2, 0.25) is 11.3 Å². The summed E-state index contributed by atoms with van der Waals surface area (Å²) in [7, 11) is 1.68. The van der Waals surface area contributed by atoms with Gasteiger partial charge in [0.25, 0.3) is 0 Å². The van der Waals surface area contributed by atoms with Gasteiger partial charge in [-0.25, -0.2) is 14.6 Å². The Morgan fingerprint density at radius 1 is 0.900 bits per heavy atom. The van der Waals surface area contributed by atoms with Crippen molar-refractivity contribution in [3.63, 3.8) is 0 Å². The summed E-state index contributed by atoms with van der Waals surface area (Å²) in [5.41, 5.74) is 2.06. The van der Waals surface area contributed by atoms with Crippen LogP contribution < -0.4 is 19.4 Å². The first kappa shape index (κ1) is 18.9. The fourth-order valence-corrected chi connectivity index (χ4v) is 4.10. The lowest BCUT2D eigenvalue weighted by Gasteiger charge is -2.42. The molecule has 0 spiro atoms. The van der Waals surface area contributed by atoms with Crippen LogP contribution in [0.1, 0.15) is 6.92 Å². The average Bonchev–Trinajstić information content (AvgIpc) is 3.26. The van der Waals surface area contributed by atoms with Gasteiger partial charge in [0.1, 0.15) is 5.75 Å². The van der Waals surface area contributed by atoms with Gasteiger partial charge in [-0.3, -0.25) is 0 Å². The van der Waals surface area contributed by atoms with Gasteiger partial charge in [-0.05, 0) is 41.5 Å². The fourth-order valence-electron chi connectivity index (χ4n) is 4.10. The predicted molar refractivity (Wildman–Crippen MR) is 112 cm³/mol. The summed E-state index contributed by atoms with van der Waals surface area (Å²) in [5.74, 6) is 2.53. The van der Waals surface area contributed by atoms with E-state index in [0.29, 0.717) is 24.5 Å². The van der Waals surface area contributed by atoms with Gasteiger partial charge in [-0.2, -0.15) is 0 Å². The number of ether oxygens (including phenoxy) is 2. The molecule has 2 aromatic heterocycles. The molecule has 0 aliphatic carbocycles. The van der Waals surface area contributed by atoms with E-state index in [1.807, 2.05) is 12.1 Å². The van der Waals surface area contributed by atoms with Crippen molar-refractivity contribution in [3.05, 3.63) is 24.3 Å². The third kappa shape index (κ3) is 3.47. The molecule has 0 N–H and O–H groups in total. The lowest BCUT2D eigenvalue weighted by atomic mass is 10.1. The van der Waals surface area contributed by atoms with E-state index >= 15 is 0 Å². The quantitative estimate of drug-likeness (QED) is 0.630. The Morgan fingerprint density at radius 2 is 1.60 bits per heavy atom. The van der Waals surface area contributed by atoms with Crippen LogP contribution in [-0.4, -0.2) is 79.4 Å². The van der Waals surface area contributed by atoms with E-state index in [0.717, 1.165) is 50.1 Å². The zero-order valence-corrected chi connectivity index (χ0v) is 17.2. The van der Waals surface area contributed by atoms with E-state index in [2.05, 4.69) is 44.1 Å². The molecule has 1 unspecified atom stereocenters. The number of morpholine rings is 1. The Bertz CT molecular complexity index is 1000. The molecule has 2 aliphatic rings. The van der Waals surface area contributed by atoms with Crippen molar-refractivity contribution in [3.8, 4) is 5.75 Å². The van der Waals surface area contributed by atoms with Crippen LogP contribution in [0.15, 0.2) is 28.9 Å². The van der Waals surface area contributed by atoms with Crippen LogP contribution in [-0.2, 0) is 4.74 Å². The van der Waals surface area contributed by atoms with Crippen molar-refractivity contribution in [2.75, 3.05) is 67.7 Å². The molecule has 1 atom stereocenters. The lowest BCUT2D eigenvalue weighted by molar-refractivity contribution is 0.122. The van der Waals surface area contributed by atoms with Crippen LogP contribution in [0.5, 0.6) is 5.75 Å². The van der Waals surface area contributed by atoms with E-state index in [1.165, 1.54) is 5.69 Å². The van der Waals surface area contributed by atoms with Crippen molar-refractivity contribution in [2.24, 2.45) is 0 Å². The van der Waals surface area contributed by atoms with Gasteiger partial charge < -0.3 is 24.2 Å². The minimum atomic E-state index is 0.243. The normalized spacial score (nSPS) is 20.1. The number of rotatable bonds is 4. The van der Waals surface area contributed by atoms with E-state index in [9.17, 15) is 0 Å². The van der Waals surface area contributed by atoms with E-state index in [1.54, 1.807) is 7.11 Å². The molecule has 0 amide bonds. The zero-order valence-electron chi connectivity index (χ0n) is 17.2. The number of aromatic nitrogens is 4. The summed E-state index contributed by atoms with van der Waals surface area (Å²) in [6.07, 6.45) is 0. The monoisotopic (exact) mass is 411 g/mol. The molecule has 3 aromatic rings. The van der Waals surface area contributed by atoms with Crippen molar-refractivity contribution < 1.29 is 14.1 Å². The van der Waals surface area contributed by atoms with E-state index in [4.69, 9.17) is 24.1 Å². The van der Waals surface area contributed by atoms with Gasteiger partial charge in [0.15, 0.2) is 11.6 Å². The van der Waals surface area contributed by atoms with Crippen LogP contribution >= 0.6 is 0 Å². The van der Waals surface area contributed by atoms with Gasteiger partial charge >= 0.3 is 0 Å². The summed E-state index contributed by atoms with van der Waals surface area (Å²) in [6, 6.07) is 8.45. The second-order valence-corrected chi connectivity index (χ2v) is 7.57. The minimum absolute atomic E-state index is 0.243. The number of hydrogen-bond acceptors (Lipinski definition) is 10. The van der Waals surface area contributed by atoms with Crippen molar-refractivity contribution in [1.82, 2.24) is 20.3 Å². The predicted octanol–water partition coefficient (Wildman–Crippen LogP) is 1.57. The molecule has 10 heteroatoms. The number of benzene rings is 1. The average molecular weight is 411 g/mol. The molecular weight excluding hydrogens is 386 g/mol. The summed E-state index contributed by atoms with van der Waals surface area (Å²) in [5, 5.41) is 7.80. The zero-order chi connectivity index (χ0) is 20.5. The Kier molecular flexibility index (Phi) is 4.99. The first-order valence-corrected chi connectivity index (χ1v) is 10.2. The Balaban J connectivity index is 1.42. The van der Waals surface area contributed by atoms with Crippen LogP contribution in [0, 0.1) is 0 Å². The highest BCUT2D eigenvalue weighted by Gasteiger charge is 2.30. The van der Waals surface area contributed by atoms with Gasteiger partial charge in [-0.1, -0.05) is 0 Å². The number of piperazine rings is 1. The third-order valence-corrected chi connectivity index (χ3v) is 5.73. The molecular formula is C20H25N7O3. The molecule has 158 valence electrons. The van der Waals surface area contributed by atoms with E-state index < -0.39 is 0 Å². The highest BCUT2D eigenvalue weighted by atomic mass is 16.6. The van der Waals surface area contributed by atoms with Crippen LogP contribution in [0.25, 0.3) is 11.3 Å². The summed E-state index contributed by atoms with van der Waals surface area (Å²) < 4.78 is 15.7.